The van der Waals surface area contributed by atoms with Gasteiger partial charge in [-0.25, -0.2) is 17.5 Å². The molecule has 0 radical (unpaired) electrons. The van der Waals surface area contributed by atoms with Crippen molar-refractivity contribution in [1.29, 1.82) is 0 Å². The van der Waals surface area contributed by atoms with Crippen molar-refractivity contribution in [2.75, 3.05) is 6.54 Å². The lowest BCUT2D eigenvalue weighted by Crippen LogP contribution is -2.26. The van der Waals surface area contributed by atoms with Crippen molar-refractivity contribution in [2.45, 2.75) is 17.9 Å². The number of aliphatic hydroxyl groups is 1. The number of nitrogens with one attached hydrogen (secondary N) is 1. The molecule has 0 bridgehead atoms. The van der Waals surface area contributed by atoms with Gasteiger partial charge in [-0.1, -0.05) is 24.3 Å². The molecule has 2 aromatic carbocycles. The molecule has 0 saturated carbocycles. The normalized spacial score (nSPS) is 11.5. The van der Waals surface area contributed by atoms with Gasteiger partial charge in [0.2, 0.25) is 10.0 Å². The summed E-state index contributed by atoms with van der Waals surface area (Å²) in [5, 5.41) is 9.03. The lowest BCUT2D eigenvalue weighted by atomic mass is 10.1. The van der Waals surface area contributed by atoms with Crippen LogP contribution in [0.5, 0.6) is 0 Å². The van der Waals surface area contributed by atoms with Gasteiger partial charge in [-0.3, -0.25) is 0 Å². The summed E-state index contributed by atoms with van der Waals surface area (Å²) in [7, 11) is -3.63. The van der Waals surface area contributed by atoms with Crippen LogP contribution in [0, 0.1) is 5.82 Å². The van der Waals surface area contributed by atoms with Crippen LogP contribution in [0.3, 0.4) is 0 Å². The number of halogens is 1. The van der Waals surface area contributed by atoms with Crippen LogP contribution < -0.4 is 4.72 Å². The standard InChI is InChI=1S/C15H16FNO3S/c16-14-5-1-3-12(9-14)7-8-17-21(19,20)15-6-2-4-13(10-15)11-18/h1-6,9-10,17-18H,7-8,11H2. The van der Waals surface area contributed by atoms with Gasteiger partial charge in [0.15, 0.2) is 0 Å². The molecule has 0 aliphatic carbocycles. The van der Waals surface area contributed by atoms with Crippen molar-refractivity contribution in [3.63, 3.8) is 0 Å². The van der Waals surface area contributed by atoms with Crippen LogP contribution in [0.2, 0.25) is 0 Å². The maximum atomic E-state index is 13.0. The van der Waals surface area contributed by atoms with Gasteiger partial charge in [-0.05, 0) is 41.8 Å². The molecule has 0 amide bonds. The zero-order valence-electron chi connectivity index (χ0n) is 11.3. The van der Waals surface area contributed by atoms with Gasteiger partial charge in [-0.15, -0.1) is 0 Å². The fourth-order valence-corrected chi connectivity index (χ4v) is 3.02. The summed E-state index contributed by atoms with van der Waals surface area (Å²) in [6, 6.07) is 12.1. The van der Waals surface area contributed by atoms with Crippen LogP contribution in [-0.2, 0) is 23.1 Å². The van der Waals surface area contributed by atoms with Crippen molar-refractivity contribution < 1.29 is 17.9 Å². The van der Waals surface area contributed by atoms with Gasteiger partial charge >= 0.3 is 0 Å². The van der Waals surface area contributed by atoms with Crippen LogP contribution in [0.4, 0.5) is 4.39 Å². The van der Waals surface area contributed by atoms with Crippen molar-refractivity contribution in [2.24, 2.45) is 0 Å². The summed E-state index contributed by atoms with van der Waals surface area (Å²) >= 11 is 0. The predicted molar refractivity (Wildman–Crippen MR) is 77.7 cm³/mol. The highest BCUT2D eigenvalue weighted by Crippen LogP contribution is 2.11. The topological polar surface area (TPSA) is 66.4 Å². The van der Waals surface area contributed by atoms with Crippen LogP contribution in [0.15, 0.2) is 53.4 Å². The molecule has 0 heterocycles. The maximum Gasteiger partial charge on any atom is 0.240 e. The van der Waals surface area contributed by atoms with E-state index >= 15 is 0 Å². The third kappa shape index (κ3) is 4.35. The van der Waals surface area contributed by atoms with Crippen molar-refractivity contribution >= 4 is 10.0 Å². The quantitative estimate of drug-likeness (QED) is 0.855. The Morgan fingerprint density at radius 1 is 1.05 bits per heavy atom. The average Bonchev–Trinajstić information content (AvgIpc) is 2.47. The molecule has 0 unspecified atom stereocenters. The first-order valence-corrected chi connectivity index (χ1v) is 7.93. The molecule has 0 saturated heterocycles. The molecule has 2 rings (SSSR count). The van der Waals surface area contributed by atoms with E-state index in [4.69, 9.17) is 5.11 Å². The van der Waals surface area contributed by atoms with Gasteiger partial charge in [0.05, 0.1) is 11.5 Å². The Balaban J connectivity index is 2.01. The maximum absolute atomic E-state index is 13.0. The number of sulfonamides is 1. The minimum Gasteiger partial charge on any atom is -0.392 e. The Morgan fingerprint density at radius 3 is 2.48 bits per heavy atom. The van der Waals surface area contributed by atoms with Gasteiger partial charge in [0.1, 0.15) is 5.82 Å². The largest absolute Gasteiger partial charge is 0.392 e. The molecule has 2 N–H and O–H groups in total. The molecule has 0 aliphatic heterocycles. The van der Waals surface area contributed by atoms with E-state index in [0.29, 0.717) is 12.0 Å². The minimum absolute atomic E-state index is 0.105. The lowest BCUT2D eigenvalue weighted by molar-refractivity contribution is 0.281. The van der Waals surface area contributed by atoms with Crippen molar-refractivity contribution in [3.05, 3.63) is 65.5 Å². The van der Waals surface area contributed by atoms with E-state index in [1.165, 1.54) is 24.3 Å². The SMILES string of the molecule is O=S(=O)(NCCc1cccc(F)c1)c1cccc(CO)c1. The molecule has 0 fully saturated rings. The molecule has 0 spiro atoms. The molecule has 0 aromatic heterocycles. The first kappa shape index (κ1) is 15.6. The minimum atomic E-state index is -3.63. The Labute approximate surface area is 123 Å². The monoisotopic (exact) mass is 309 g/mol. The molecule has 2 aromatic rings. The zero-order valence-corrected chi connectivity index (χ0v) is 12.1. The molecular weight excluding hydrogens is 293 g/mol. The molecule has 4 nitrogen and oxygen atoms in total. The van der Waals surface area contributed by atoms with Crippen LogP contribution in [0.25, 0.3) is 0 Å². The number of hydrogen-bond acceptors (Lipinski definition) is 3. The van der Waals surface area contributed by atoms with Crippen LogP contribution in [0.1, 0.15) is 11.1 Å². The summed E-state index contributed by atoms with van der Waals surface area (Å²) < 4.78 is 39.7. The van der Waals surface area contributed by atoms with Gasteiger partial charge < -0.3 is 5.11 Å². The van der Waals surface area contributed by atoms with E-state index in [1.54, 1.807) is 24.3 Å². The highest BCUT2D eigenvalue weighted by molar-refractivity contribution is 7.89. The second kappa shape index (κ2) is 6.80. The number of hydrogen-bond donors (Lipinski definition) is 2. The van der Waals surface area contributed by atoms with Gasteiger partial charge in [0.25, 0.3) is 0 Å². The Kier molecular flexibility index (Phi) is 5.06. The third-order valence-electron chi connectivity index (χ3n) is 2.99. The smallest absolute Gasteiger partial charge is 0.240 e. The highest BCUT2D eigenvalue weighted by atomic mass is 32.2. The van der Waals surface area contributed by atoms with Crippen LogP contribution in [-0.4, -0.2) is 20.1 Å². The third-order valence-corrected chi connectivity index (χ3v) is 4.44. The number of aliphatic hydroxyl groups excluding tert-OH is 1. The first-order chi connectivity index (χ1) is 10.0. The summed E-state index contributed by atoms with van der Waals surface area (Å²) in [5.74, 6) is -0.342. The second-order valence-corrected chi connectivity index (χ2v) is 6.35. The summed E-state index contributed by atoms with van der Waals surface area (Å²) in [5.41, 5.74) is 1.25. The fourth-order valence-electron chi connectivity index (χ4n) is 1.92. The second-order valence-electron chi connectivity index (χ2n) is 4.58. The van der Waals surface area contributed by atoms with Gasteiger partial charge in [-0.2, -0.15) is 0 Å². The van der Waals surface area contributed by atoms with E-state index in [9.17, 15) is 12.8 Å². The Hall–Kier alpha value is -1.76. The van der Waals surface area contributed by atoms with E-state index < -0.39 is 10.0 Å². The number of benzene rings is 2. The molecule has 112 valence electrons. The Morgan fingerprint density at radius 2 is 1.76 bits per heavy atom. The van der Waals surface area contributed by atoms with E-state index in [-0.39, 0.29) is 23.9 Å². The summed E-state index contributed by atoms with van der Waals surface area (Å²) in [6.45, 7) is -0.0399. The predicted octanol–water partition coefficient (Wildman–Crippen LogP) is 1.84. The van der Waals surface area contributed by atoms with Crippen molar-refractivity contribution in [1.82, 2.24) is 4.72 Å². The van der Waals surface area contributed by atoms with E-state index in [1.807, 2.05) is 0 Å². The molecule has 0 aliphatic rings. The van der Waals surface area contributed by atoms with Crippen LogP contribution >= 0.6 is 0 Å². The number of rotatable bonds is 6. The first-order valence-electron chi connectivity index (χ1n) is 6.45. The highest BCUT2D eigenvalue weighted by Gasteiger charge is 2.13. The van der Waals surface area contributed by atoms with Gasteiger partial charge in [0, 0.05) is 6.54 Å². The lowest BCUT2D eigenvalue weighted by Gasteiger charge is -2.08. The fraction of sp³-hybridized carbons (Fsp3) is 0.200. The molecule has 21 heavy (non-hydrogen) atoms. The molecule has 6 heteroatoms. The zero-order chi connectivity index (χ0) is 15.3. The summed E-state index contributed by atoms with van der Waals surface area (Å²) in [4.78, 5) is 0.105. The molecular formula is C15H16FNO3S. The van der Waals surface area contributed by atoms with Crippen molar-refractivity contribution in [3.8, 4) is 0 Å². The summed E-state index contributed by atoms with van der Waals surface area (Å²) in [6.07, 6.45) is 0.399. The molecule has 0 atom stereocenters. The van der Waals surface area contributed by atoms with E-state index in [2.05, 4.69) is 4.72 Å². The van der Waals surface area contributed by atoms with E-state index in [0.717, 1.165) is 5.56 Å². The average molecular weight is 309 g/mol. The Bertz CT molecular complexity index is 716.